The topological polar surface area (TPSA) is 55.2 Å². The van der Waals surface area contributed by atoms with Crippen LogP contribution in [0.4, 0.5) is 5.69 Å². The molecule has 7 heteroatoms. The van der Waals surface area contributed by atoms with Crippen LogP contribution in [-0.2, 0) is 11.3 Å². The van der Waals surface area contributed by atoms with E-state index in [1.54, 1.807) is 19.2 Å². The molecular weight excluding hydrogens is 394 g/mol. The molecule has 140 valence electrons. The number of nitrogens with zero attached hydrogens (tertiary/aromatic N) is 3. The normalized spacial score (nSPS) is 10.9. The lowest BCUT2D eigenvalue weighted by Gasteiger charge is -2.17. The molecule has 0 unspecified atom stereocenters. The van der Waals surface area contributed by atoms with Crippen LogP contribution in [0.15, 0.2) is 71.1 Å². The molecule has 2 aromatic carbocycles. The molecule has 0 atom stereocenters. The number of hydrogen-bond donors (Lipinski definition) is 0. The van der Waals surface area contributed by atoms with E-state index in [-0.39, 0.29) is 18.0 Å². The van der Waals surface area contributed by atoms with Crippen LogP contribution in [0.3, 0.4) is 0 Å². The van der Waals surface area contributed by atoms with Crippen LogP contribution >= 0.6 is 22.9 Å². The molecule has 28 heavy (non-hydrogen) atoms. The zero-order chi connectivity index (χ0) is 19.7. The maximum atomic E-state index is 12.9. The Morgan fingerprint density at radius 1 is 1.14 bits per heavy atom. The van der Waals surface area contributed by atoms with Crippen LogP contribution < -0.4 is 10.5 Å². The predicted molar refractivity (Wildman–Crippen MR) is 114 cm³/mol. The Balaban J connectivity index is 1.65. The maximum absolute atomic E-state index is 12.9. The molecule has 0 saturated heterocycles. The second kappa shape index (κ2) is 7.58. The van der Waals surface area contributed by atoms with Crippen LogP contribution in [0.25, 0.3) is 21.3 Å². The van der Waals surface area contributed by atoms with E-state index in [1.165, 1.54) is 27.1 Å². The molecule has 0 aliphatic carbocycles. The van der Waals surface area contributed by atoms with Gasteiger partial charge in [-0.05, 0) is 29.8 Å². The van der Waals surface area contributed by atoms with Crippen molar-refractivity contribution in [3.63, 3.8) is 0 Å². The number of amides is 1. The van der Waals surface area contributed by atoms with E-state index < -0.39 is 0 Å². The fourth-order valence-electron chi connectivity index (χ4n) is 2.94. The summed E-state index contributed by atoms with van der Waals surface area (Å²) in [5.41, 5.74) is 3.02. The van der Waals surface area contributed by atoms with Crippen molar-refractivity contribution in [3.05, 3.63) is 81.7 Å². The van der Waals surface area contributed by atoms with Gasteiger partial charge in [-0.3, -0.25) is 14.2 Å². The Labute approximate surface area is 170 Å². The van der Waals surface area contributed by atoms with Gasteiger partial charge in [0.1, 0.15) is 11.2 Å². The molecule has 0 bridgehead atoms. The number of carbonyl (C=O) groups is 1. The van der Waals surface area contributed by atoms with E-state index in [9.17, 15) is 9.59 Å². The Hall–Kier alpha value is -2.96. The van der Waals surface area contributed by atoms with Crippen LogP contribution in [0, 0.1) is 0 Å². The standard InChI is InChI=1S/C21H16ClN3O2S/c1-24(16-5-3-2-4-6-16)18(26)11-25-13-23-19-17(12-28-20(19)21(25)27)14-7-9-15(22)10-8-14/h2-10,12-13H,11H2,1H3. The molecule has 0 aliphatic heterocycles. The zero-order valence-corrected chi connectivity index (χ0v) is 16.6. The van der Waals surface area contributed by atoms with Gasteiger partial charge in [0.2, 0.25) is 5.91 Å². The summed E-state index contributed by atoms with van der Waals surface area (Å²) in [4.78, 5) is 31.4. The lowest BCUT2D eigenvalue weighted by Crippen LogP contribution is -2.33. The summed E-state index contributed by atoms with van der Waals surface area (Å²) >= 11 is 7.29. The summed E-state index contributed by atoms with van der Waals surface area (Å²) in [7, 11) is 1.69. The molecular formula is C21H16ClN3O2S. The summed E-state index contributed by atoms with van der Waals surface area (Å²) in [6.07, 6.45) is 1.44. The third-order valence-electron chi connectivity index (χ3n) is 4.52. The average molecular weight is 410 g/mol. The molecule has 0 radical (unpaired) electrons. The number of rotatable bonds is 4. The van der Waals surface area contributed by atoms with Gasteiger partial charge >= 0.3 is 0 Å². The van der Waals surface area contributed by atoms with E-state index in [1.807, 2.05) is 47.8 Å². The highest BCUT2D eigenvalue weighted by molar-refractivity contribution is 7.17. The molecule has 0 saturated carbocycles. The lowest BCUT2D eigenvalue weighted by atomic mass is 10.1. The Morgan fingerprint density at radius 2 is 1.86 bits per heavy atom. The first-order valence-electron chi connectivity index (χ1n) is 8.59. The minimum absolute atomic E-state index is 0.0681. The number of hydrogen-bond acceptors (Lipinski definition) is 4. The fraction of sp³-hybridized carbons (Fsp3) is 0.0952. The number of halogens is 1. The predicted octanol–water partition coefficient (Wildman–Crippen LogP) is 4.44. The summed E-state index contributed by atoms with van der Waals surface area (Å²) in [6.45, 7) is -0.0681. The number of aromatic nitrogens is 2. The summed E-state index contributed by atoms with van der Waals surface area (Å²) in [5.74, 6) is -0.191. The van der Waals surface area contributed by atoms with Crippen LogP contribution in [0.1, 0.15) is 0 Å². The summed E-state index contributed by atoms with van der Waals surface area (Å²) in [5, 5.41) is 2.56. The van der Waals surface area contributed by atoms with E-state index in [4.69, 9.17) is 11.6 Å². The number of anilines is 1. The second-order valence-electron chi connectivity index (χ2n) is 6.30. The van der Waals surface area contributed by atoms with Crippen LogP contribution in [0.2, 0.25) is 5.02 Å². The van der Waals surface area contributed by atoms with Gasteiger partial charge in [0.25, 0.3) is 5.56 Å². The van der Waals surface area contributed by atoms with Crippen molar-refractivity contribution in [3.8, 4) is 11.1 Å². The van der Waals surface area contributed by atoms with E-state index in [2.05, 4.69) is 4.98 Å². The third-order valence-corrected chi connectivity index (χ3v) is 5.73. The number of likely N-dealkylation sites (N-methyl/N-ethyl adjacent to an activating group) is 1. The molecule has 4 aromatic rings. The van der Waals surface area contributed by atoms with Gasteiger partial charge < -0.3 is 4.90 Å². The molecule has 4 rings (SSSR count). The number of carbonyl (C=O) groups excluding carboxylic acids is 1. The minimum Gasteiger partial charge on any atom is -0.314 e. The smallest absolute Gasteiger partial charge is 0.271 e. The monoisotopic (exact) mass is 409 g/mol. The molecule has 0 N–H and O–H groups in total. The second-order valence-corrected chi connectivity index (χ2v) is 7.62. The summed E-state index contributed by atoms with van der Waals surface area (Å²) < 4.78 is 1.88. The van der Waals surface area contributed by atoms with Gasteiger partial charge in [0, 0.05) is 28.7 Å². The lowest BCUT2D eigenvalue weighted by molar-refractivity contribution is -0.118. The first kappa shape index (κ1) is 18.4. The molecule has 0 spiro atoms. The summed E-state index contributed by atoms with van der Waals surface area (Å²) in [6, 6.07) is 16.7. The van der Waals surface area contributed by atoms with Gasteiger partial charge in [-0.15, -0.1) is 11.3 Å². The maximum Gasteiger partial charge on any atom is 0.271 e. The van der Waals surface area contributed by atoms with Crippen LogP contribution in [0.5, 0.6) is 0 Å². The molecule has 1 amide bonds. The van der Waals surface area contributed by atoms with Crippen molar-refractivity contribution in [1.29, 1.82) is 0 Å². The quantitative estimate of drug-likeness (QED) is 0.500. The third kappa shape index (κ3) is 3.44. The number of thiophene rings is 1. The van der Waals surface area contributed by atoms with E-state index in [0.717, 1.165) is 16.8 Å². The SMILES string of the molecule is CN(C(=O)Cn1cnc2c(-c3ccc(Cl)cc3)csc2c1=O)c1ccccc1. The van der Waals surface area contributed by atoms with Crippen molar-refractivity contribution in [2.75, 3.05) is 11.9 Å². The highest BCUT2D eigenvalue weighted by Crippen LogP contribution is 2.31. The van der Waals surface area contributed by atoms with Crippen molar-refractivity contribution in [2.24, 2.45) is 0 Å². The highest BCUT2D eigenvalue weighted by atomic mass is 35.5. The van der Waals surface area contributed by atoms with Gasteiger partial charge in [-0.2, -0.15) is 0 Å². The van der Waals surface area contributed by atoms with Gasteiger partial charge in [-0.1, -0.05) is 41.9 Å². The average Bonchev–Trinajstić information content (AvgIpc) is 3.15. The van der Waals surface area contributed by atoms with Gasteiger partial charge in [0.05, 0.1) is 11.8 Å². The number of benzene rings is 2. The van der Waals surface area contributed by atoms with E-state index >= 15 is 0 Å². The van der Waals surface area contributed by atoms with Crippen molar-refractivity contribution in [1.82, 2.24) is 9.55 Å². The Bertz CT molecular complexity index is 1200. The van der Waals surface area contributed by atoms with Crippen molar-refractivity contribution < 1.29 is 4.79 Å². The van der Waals surface area contributed by atoms with Crippen molar-refractivity contribution >= 4 is 44.7 Å². The van der Waals surface area contributed by atoms with Gasteiger partial charge in [-0.25, -0.2) is 4.98 Å². The first-order valence-corrected chi connectivity index (χ1v) is 9.84. The molecule has 2 heterocycles. The minimum atomic E-state index is -0.218. The zero-order valence-electron chi connectivity index (χ0n) is 15.0. The molecule has 2 aromatic heterocycles. The largest absolute Gasteiger partial charge is 0.314 e. The number of fused-ring (bicyclic) bond motifs is 1. The molecule has 0 aliphatic rings. The molecule has 0 fully saturated rings. The first-order chi connectivity index (χ1) is 13.5. The fourth-order valence-corrected chi connectivity index (χ4v) is 4.04. The Morgan fingerprint density at radius 3 is 2.57 bits per heavy atom. The number of para-hydroxylation sites is 1. The highest BCUT2D eigenvalue weighted by Gasteiger charge is 2.16. The molecule has 5 nitrogen and oxygen atoms in total. The van der Waals surface area contributed by atoms with Crippen LogP contribution in [-0.4, -0.2) is 22.5 Å². The van der Waals surface area contributed by atoms with Gasteiger partial charge in [0.15, 0.2) is 0 Å². The van der Waals surface area contributed by atoms with Crippen molar-refractivity contribution in [2.45, 2.75) is 6.54 Å². The van der Waals surface area contributed by atoms with E-state index in [0.29, 0.717) is 15.2 Å². The Kier molecular flexibility index (Phi) is 4.98.